The molecule has 1 heterocycles. The molecular formula is C10H14ClN3O4. The average molecular weight is 276 g/mol. The van der Waals surface area contributed by atoms with E-state index in [0.717, 1.165) is 0 Å². The van der Waals surface area contributed by atoms with Gasteiger partial charge >= 0.3 is 0 Å². The van der Waals surface area contributed by atoms with Crippen LogP contribution in [0.25, 0.3) is 0 Å². The fourth-order valence-corrected chi connectivity index (χ4v) is 1.50. The summed E-state index contributed by atoms with van der Waals surface area (Å²) in [7, 11) is 3.12. The van der Waals surface area contributed by atoms with Gasteiger partial charge in [-0.05, 0) is 0 Å². The number of nitrogens with one attached hydrogen (secondary N) is 1. The normalized spacial score (nSPS) is 12.2. The van der Waals surface area contributed by atoms with Crippen LogP contribution in [0.3, 0.4) is 0 Å². The van der Waals surface area contributed by atoms with Crippen molar-refractivity contribution in [3.05, 3.63) is 27.4 Å². The maximum atomic E-state index is 10.6. The van der Waals surface area contributed by atoms with E-state index >= 15 is 0 Å². The van der Waals surface area contributed by atoms with Crippen LogP contribution in [0, 0.1) is 10.1 Å². The van der Waals surface area contributed by atoms with Crippen molar-refractivity contribution in [2.75, 3.05) is 32.7 Å². The molecule has 7 nitrogen and oxygen atoms in total. The summed E-state index contributed by atoms with van der Waals surface area (Å²) in [4.78, 5) is 14.1. The Labute approximate surface area is 109 Å². The van der Waals surface area contributed by atoms with Crippen LogP contribution in [-0.4, -0.2) is 43.4 Å². The standard InChI is InChI=1S/C10H14ClN3O4/c1-17-6-8(18-2)5-12-10-4-7(14(15)16)3-9(11)13-10/h3-4,8H,5-6H2,1-2H3,(H,12,13). The first kappa shape index (κ1) is 14.6. The minimum absolute atomic E-state index is 0.0624. The topological polar surface area (TPSA) is 86.5 Å². The maximum absolute atomic E-state index is 10.6. The molecule has 1 atom stereocenters. The van der Waals surface area contributed by atoms with Gasteiger partial charge in [-0.1, -0.05) is 11.6 Å². The van der Waals surface area contributed by atoms with Gasteiger partial charge < -0.3 is 14.8 Å². The van der Waals surface area contributed by atoms with Crippen molar-refractivity contribution in [2.24, 2.45) is 0 Å². The van der Waals surface area contributed by atoms with E-state index in [-0.39, 0.29) is 16.9 Å². The third-order valence-corrected chi connectivity index (χ3v) is 2.38. The lowest BCUT2D eigenvalue weighted by molar-refractivity contribution is -0.384. The highest BCUT2D eigenvalue weighted by Gasteiger charge is 2.12. The van der Waals surface area contributed by atoms with Gasteiger partial charge in [-0.25, -0.2) is 4.98 Å². The zero-order valence-corrected chi connectivity index (χ0v) is 10.8. The Hall–Kier alpha value is -1.44. The third-order valence-electron chi connectivity index (χ3n) is 2.19. The number of halogens is 1. The number of nitrogens with zero attached hydrogens (tertiary/aromatic N) is 2. The van der Waals surface area contributed by atoms with Crippen LogP contribution >= 0.6 is 11.6 Å². The Balaban J connectivity index is 2.69. The lowest BCUT2D eigenvalue weighted by Crippen LogP contribution is -2.26. The molecule has 1 N–H and O–H groups in total. The number of rotatable bonds is 7. The predicted molar refractivity (Wildman–Crippen MR) is 67.1 cm³/mol. The number of pyridine rings is 1. The Morgan fingerprint density at radius 1 is 1.56 bits per heavy atom. The van der Waals surface area contributed by atoms with E-state index in [2.05, 4.69) is 10.3 Å². The fraction of sp³-hybridized carbons (Fsp3) is 0.500. The summed E-state index contributed by atoms with van der Waals surface area (Å²) in [6.07, 6.45) is -0.171. The van der Waals surface area contributed by atoms with Crippen LogP contribution in [0.1, 0.15) is 0 Å². The average Bonchev–Trinajstić information content (AvgIpc) is 2.33. The Kier molecular flexibility index (Phi) is 5.76. The fourth-order valence-electron chi connectivity index (χ4n) is 1.29. The lowest BCUT2D eigenvalue weighted by atomic mass is 10.3. The van der Waals surface area contributed by atoms with Gasteiger partial charge in [0.05, 0.1) is 29.8 Å². The van der Waals surface area contributed by atoms with Gasteiger partial charge in [-0.2, -0.15) is 0 Å². The molecule has 0 aliphatic carbocycles. The molecule has 1 rings (SSSR count). The monoisotopic (exact) mass is 275 g/mol. The van der Waals surface area contributed by atoms with Crippen molar-refractivity contribution in [3.8, 4) is 0 Å². The molecule has 0 fully saturated rings. The van der Waals surface area contributed by atoms with Crippen LogP contribution in [0.2, 0.25) is 5.15 Å². The molecule has 0 bridgehead atoms. The largest absolute Gasteiger partial charge is 0.382 e. The number of hydrogen-bond donors (Lipinski definition) is 1. The quantitative estimate of drug-likeness (QED) is 0.463. The molecule has 0 saturated heterocycles. The lowest BCUT2D eigenvalue weighted by Gasteiger charge is -2.15. The highest BCUT2D eigenvalue weighted by Crippen LogP contribution is 2.20. The number of nitro groups is 1. The van der Waals surface area contributed by atoms with Gasteiger partial charge in [-0.3, -0.25) is 10.1 Å². The molecule has 0 aliphatic rings. The predicted octanol–water partition coefficient (Wildman–Crippen LogP) is 1.72. The van der Waals surface area contributed by atoms with Gasteiger partial charge in [0.25, 0.3) is 5.69 Å². The minimum atomic E-state index is -0.526. The van der Waals surface area contributed by atoms with Crippen molar-refractivity contribution in [1.29, 1.82) is 0 Å². The Morgan fingerprint density at radius 2 is 2.28 bits per heavy atom. The van der Waals surface area contributed by atoms with E-state index in [1.165, 1.54) is 12.1 Å². The molecule has 18 heavy (non-hydrogen) atoms. The van der Waals surface area contributed by atoms with E-state index in [1.807, 2.05) is 0 Å². The number of methoxy groups -OCH3 is 2. The summed E-state index contributed by atoms with van der Waals surface area (Å²) in [5, 5.41) is 13.6. The molecule has 1 unspecified atom stereocenters. The summed E-state index contributed by atoms with van der Waals surface area (Å²) >= 11 is 5.69. The number of anilines is 1. The first-order chi connectivity index (χ1) is 8.56. The highest BCUT2D eigenvalue weighted by atomic mass is 35.5. The number of ether oxygens (including phenoxy) is 2. The van der Waals surface area contributed by atoms with E-state index in [0.29, 0.717) is 19.0 Å². The van der Waals surface area contributed by atoms with Crippen LogP contribution in [0.4, 0.5) is 11.5 Å². The maximum Gasteiger partial charge on any atom is 0.276 e. The zero-order chi connectivity index (χ0) is 13.5. The molecule has 100 valence electrons. The van der Waals surface area contributed by atoms with Crippen molar-refractivity contribution < 1.29 is 14.4 Å². The Bertz CT molecular complexity index is 416. The zero-order valence-electron chi connectivity index (χ0n) is 10.1. The van der Waals surface area contributed by atoms with E-state index in [4.69, 9.17) is 21.1 Å². The SMILES string of the molecule is COCC(CNc1cc([N+](=O)[O-])cc(Cl)n1)OC. The smallest absolute Gasteiger partial charge is 0.276 e. The van der Waals surface area contributed by atoms with Gasteiger partial charge in [0.2, 0.25) is 0 Å². The summed E-state index contributed by atoms with van der Waals surface area (Å²) < 4.78 is 10.1. The van der Waals surface area contributed by atoms with Crippen molar-refractivity contribution in [1.82, 2.24) is 4.98 Å². The van der Waals surface area contributed by atoms with E-state index in [9.17, 15) is 10.1 Å². The van der Waals surface area contributed by atoms with E-state index in [1.54, 1.807) is 14.2 Å². The van der Waals surface area contributed by atoms with Crippen molar-refractivity contribution in [2.45, 2.75) is 6.10 Å². The van der Waals surface area contributed by atoms with Crippen LogP contribution in [-0.2, 0) is 9.47 Å². The second-order valence-electron chi connectivity index (χ2n) is 3.48. The van der Waals surface area contributed by atoms with Crippen LogP contribution in [0.15, 0.2) is 12.1 Å². The molecule has 0 aliphatic heterocycles. The Morgan fingerprint density at radius 3 is 2.83 bits per heavy atom. The van der Waals surface area contributed by atoms with Crippen molar-refractivity contribution in [3.63, 3.8) is 0 Å². The molecule has 0 saturated carbocycles. The summed E-state index contributed by atoms with van der Waals surface area (Å²) in [5.74, 6) is 0.326. The molecule has 0 aromatic carbocycles. The second kappa shape index (κ2) is 7.10. The summed E-state index contributed by atoms with van der Waals surface area (Å²) in [6, 6.07) is 2.50. The van der Waals surface area contributed by atoms with Gasteiger partial charge in [0.15, 0.2) is 0 Å². The van der Waals surface area contributed by atoms with Gasteiger partial charge in [0, 0.05) is 20.8 Å². The second-order valence-corrected chi connectivity index (χ2v) is 3.87. The molecule has 0 amide bonds. The molecule has 8 heteroatoms. The van der Waals surface area contributed by atoms with E-state index < -0.39 is 4.92 Å². The first-order valence-electron chi connectivity index (χ1n) is 5.14. The summed E-state index contributed by atoms with van der Waals surface area (Å²) in [5.41, 5.74) is -0.113. The molecule has 1 aromatic rings. The summed E-state index contributed by atoms with van der Waals surface area (Å²) in [6.45, 7) is 0.820. The highest BCUT2D eigenvalue weighted by molar-refractivity contribution is 6.29. The molecule has 1 aromatic heterocycles. The van der Waals surface area contributed by atoms with Gasteiger partial charge in [0.1, 0.15) is 11.0 Å². The van der Waals surface area contributed by atoms with Crippen molar-refractivity contribution >= 4 is 23.1 Å². The van der Waals surface area contributed by atoms with Crippen LogP contribution < -0.4 is 5.32 Å². The first-order valence-corrected chi connectivity index (χ1v) is 5.52. The molecule has 0 radical (unpaired) electrons. The number of hydrogen-bond acceptors (Lipinski definition) is 6. The minimum Gasteiger partial charge on any atom is -0.382 e. The third kappa shape index (κ3) is 4.44. The van der Waals surface area contributed by atoms with Gasteiger partial charge in [-0.15, -0.1) is 0 Å². The molecule has 0 spiro atoms. The molecular weight excluding hydrogens is 262 g/mol. The number of aromatic nitrogens is 1. The van der Waals surface area contributed by atoms with Crippen LogP contribution in [0.5, 0.6) is 0 Å².